The zero-order valence-electron chi connectivity index (χ0n) is 10.2. The van der Waals surface area contributed by atoms with Crippen molar-refractivity contribution >= 4 is 11.0 Å². The second-order valence-electron chi connectivity index (χ2n) is 4.13. The fourth-order valence-electron chi connectivity index (χ4n) is 1.81. The average molecular weight is 240 g/mol. The molecule has 6 nitrogen and oxygen atoms in total. The quantitative estimate of drug-likeness (QED) is 0.675. The van der Waals surface area contributed by atoms with Crippen LogP contribution in [0, 0.1) is 13.8 Å². The molecule has 90 valence electrons. The van der Waals surface area contributed by atoms with Gasteiger partial charge in [-0.15, -0.1) is 5.10 Å². The van der Waals surface area contributed by atoms with E-state index in [9.17, 15) is 0 Å². The highest BCUT2D eigenvalue weighted by Crippen LogP contribution is 2.13. The van der Waals surface area contributed by atoms with E-state index in [1.54, 1.807) is 4.68 Å². The molecule has 2 heterocycles. The normalized spacial score (nSPS) is 11.0. The summed E-state index contributed by atoms with van der Waals surface area (Å²) in [5.41, 5.74) is 3.60. The molecule has 0 N–H and O–H groups in total. The van der Waals surface area contributed by atoms with E-state index in [0.29, 0.717) is 6.54 Å². The van der Waals surface area contributed by atoms with Crippen LogP contribution in [0.5, 0.6) is 0 Å². The molecule has 0 saturated heterocycles. The third-order valence-electron chi connectivity index (χ3n) is 2.85. The van der Waals surface area contributed by atoms with E-state index in [2.05, 4.69) is 25.5 Å². The Kier molecular flexibility index (Phi) is 2.47. The maximum atomic E-state index is 4.61. The van der Waals surface area contributed by atoms with Gasteiger partial charge in [-0.25, -0.2) is 14.6 Å². The second-order valence-corrected chi connectivity index (χ2v) is 4.13. The van der Waals surface area contributed by atoms with Gasteiger partial charge < -0.3 is 0 Å². The molecule has 0 unspecified atom stereocenters. The second kappa shape index (κ2) is 4.14. The van der Waals surface area contributed by atoms with E-state index in [1.807, 2.05) is 38.1 Å². The van der Waals surface area contributed by atoms with Crippen molar-refractivity contribution in [2.75, 3.05) is 0 Å². The number of tetrazole rings is 1. The predicted octanol–water partition coefficient (Wildman–Crippen LogP) is 1.28. The molecule has 6 heteroatoms. The van der Waals surface area contributed by atoms with E-state index in [1.165, 1.54) is 0 Å². The van der Waals surface area contributed by atoms with Gasteiger partial charge in [-0.3, -0.25) is 0 Å². The van der Waals surface area contributed by atoms with Crippen LogP contribution in [0.2, 0.25) is 0 Å². The van der Waals surface area contributed by atoms with Gasteiger partial charge >= 0.3 is 0 Å². The van der Waals surface area contributed by atoms with Gasteiger partial charge in [0.05, 0.1) is 29.0 Å². The Hall–Kier alpha value is -2.37. The van der Waals surface area contributed by atoms with Crippen molar-refractivity contribution in [3.8, 4) is 0 Å². The number of para-hydroxylation sites is 2. The minimum absolute atomic E-state index is 0.544. The van der Waals surface area contributed by atoms with Crippen molar-refractivity contribution in [1.82, 2.24) is 30.2 Å². The van der Waals surface area contributed by atoms with E-state index in [-0.39, 0.29) is 0 Å². The highest BCUT2D eigenvalue weighted by molar-refractivity contribution is 5.74. The maximum Gasteiger partial charge on any atom is 0.148 e. The van der Waals surface area contributed by atoms with Crippen LogP contribution in [-0.4, -0.2) is 30.2 Å². The Bertz CT molecular complexity index is 703. The van der Waals surface area contributed by atoms with Gasteiger partial charge in [-0.05, 0) is 36.4 Å². The highest BCUT2D eigenvalue weighted by atomic mass is 15.5. The smallest absolute Gasteiger partial charge is 0.148 e. The summed E-state index contributed by atoms with van der Waals surface area (Å²) in [7, 11) is 0. The number of nitrogens with zero attached hydrogens (tertiary/aromatic N) is 6. The van der Waals surface area contributed by atoms with E-state index >= 15 is 0 Å². The van der Waals surface area contributed by atoms with Crippen LogP contribution in [0.25, 0.3) is 11.0 Å². The molecule has 0 aliphatic heterocycles. The minimum atomic E-state index is 0.544. The Balaban J connectivity index is 2.06. The fourth-order valence-corrected chi connectivity index (χ4v) is 1.81. The summed E-state index contributed by atoms with van der Waals surface area (Å²) in [5, 5.41) is 11.4. The lowest BCUT2D eigenvalue weighted by Crippen LogP contribution is -2.08. The first-order valence-electron chi connectivity index (χ1n) is 5.69. The van der Waals surface area contributed by atoms with Gasteiger partial charge in [0.25, 0.3) is 0 Å². The topological polar surface area (TPSA) is 69.4 Å². The van der Waals surface area contributed by atoms with Crippen LogP contribution in [0.15, 0.2) is 24.3 Å². The number of fused-ring (bicyclic) bond motifs is 1. The summed E-state index contributed by atoms with van der Waals surface area (Å²) in [6, 6.07) is 7.83. The largest absolute Gasteiger partial charge is 0.250 e. The lowest BCUT2D eigenvalue weighted by Gasteiger charge is -2.06. The first kappa shape index (κ1) is 10.8. The Morgan fingerprint density at radius 1 is 1.06 bits per heavy atom. The number of hydrogen-bond donors (Lipinski definition) is 0. The lowest BCUT2D eigenvalue weighted by atomic mass is 10.2. The van der Waals surface area contributed by atoms with Crippen LogP contribution >= 0.6 is 0 Å². The van der Waals surface area contributed by atoms with Gasteiger partial charge in [0.2, 0.25) is 0 Å². The van der Waals surface area contributed by atoms with Crippen LogP contribution in [-0.2, 0) is 6.54 Å². The zero-order chi connectivity index (χ0) is 12.5. The van der Waals surface area contributed by atoms with Crippen molar-refractivity contribution in [3.05, 3.63) is 41.5 Å². The predicted molar refractivity (Wildman–Crippen MR) is 65.9 cm³/mol. The van der Waals surface area contributed by atoms with Gasteiger partial charge in [0, 0.05) is 0 Å². The highest BCUT2D eigenvalue weighted by Gasteiger charge is 2.08. The number of aryl methyl sites for hydroxylation is 2. The molecule has 0 aliphatic carbocycles. The van der Waals surface area contributed by atoms with Gasteiger partial charge in [0.15, 0.2) is 0 Å². The molecule has 2 aromatic heterocycles. The third kappa shape index (κ3) is 1.81. The average Bonchev–Trinajstić information content (AvgIpc) is 2.76. The van der Waals surface area contributed by atoms with Crippen molar-refractivity contribution in [2.45, 2.75) is 20.4 Å². The van der Waals surface area contributed by atoms with Crippen LogP contribution in [0.1, 0.15) is 17.2 Å². The van der Waals surface area contributed by atoms with Crippen molar-refractivity contribution in [1.29, 1.82) is 0 Å². The van der Waals surface area contributed by atoms with Crippen molar-refractivity contribution < 1.29 is 0 Å². The summed E-state index contributed by atoms with van der Waals surface area (Å²) in [6.45, 7) is 4.36. The van der Waals surface area contributed by atoms with Crippen LogP contribution < -0.4 is 0 Å². The summed E-state index contributed by atoms with van der Waals surface area (Å²) >= 11 is 0. The standard InChI is InChI=1S/C12H12N6/c1-8-12(7-18-9(2)15-16-17-18)14-11-6-4-3-5-10(11)13-8/h3-6H,7H2,1-2H3. The molecule has 0 saturated carbocycles. The monoisotopic (exact) mass is 240 g/mol. The molecular formula is C12H12N6. The molecule has 0 fully saturated rings. The van der Waals surface area contributed by atoms with Crippen LogP contribution in [0.3, 0.4) is 0 Å². The summed E-state index contributed by atoms with van der Waals surface area (Å²) in [4.78, 5) is 9.15. The molecule has 3 rings (SSSR count). The van der Waals surface area contributed by atoms with Gasteiger partial charge in [-0.1, -0.05) is 12.1 Å². The molecule has 0 aliphatic rings. The Labute approximate surface area is 104 Å². The molecule has 0 radical (unpaired) electrons. The number of benzene rings is 1. The Morgan fingerprint density at radius 3 is 2.44 bits per heavy atom. The number of aromatic nitrogens is 6. The SMILES string of the molecule is Cc1nc2ccccc2nc1Cn1nnnc1C. The molecule has 18 heavy (non-hydrogen) atoms. The van der Waals surface area contributed by atoms with Gasteiger partial charge in [-0.2, -0.15) is 0 Å². The van der Waals surface area contributed by atoms with E-state index < -0.39 is 0 Å². The molecule has 3 aromatic rings. The molecule has 0 amide bonds. The minimum Gasteiger partial charge on any atom is -0.250 e. The first-order chi connectivity index (χ1) is 8.74. The molecule has 0 spiro atoms. The first-order valence-corrected chi connectivity index (χ1v) is 5.69. The maximum absolute atomic E-state index is 4.61. The molecule has 0 bridgehead atoms. The van der Waals surface area contributed by atoms with Crippen molar-refractivity contribution in [2.24, 2.45) is 0 Å². The lowest BCUT2D eigenvalue weighted by molar-refractivity contribution is 0.620. The third-order valence-corrected chi connectivity index (χ3v) is 2.85. The summed E-state index contributed by atoms with van der Waals surface area (Å²) in [6.07, 6.45) is 0. The Morgan fingerprint density at radius 2 is 1.78 bits per heavy atom. The van der Waals surface area contributed by atoms with Crippen LogP contribution in [0.4, 0.5) is 0 Å². The number of rotatable bonds is 2. The molecule has 0 atom stereocenters. The van der Waals surface area contributed by atoms with Gasteiger partial charge in [0.1, 0.15) is 5.82 Å². The fraction of sp³-hybridized carbons (Fsp3) is 0.250. The molecular weight excluding hydrogens is 228 g/mol. The zero-order valence-corrected chi connectivity index (χ0v) is 10.2. The summed E-state index contributed by atoms with van der Waals surface area (Å²) in [5.74, 6) is 0.768. The van der Waals surface area contributed by atoms with E-state index in [4.69, 9.17) is 0 Å². The van der Waals surface area contributed by atoms with Crippen molar-refractivity contribution in [3.63, 3.8) is 0 Å². The molecule has 1 aromatic carbocycles. The number of hydrogen-bond acceptors (Lipinski definition) is 5. The summed E-state index contributed by atoms with van der Waals surface area (Å²) < 4.78 is 1.71. The van der Waals surface area contributed by atoms with E-state index in [0.717, 1.165) is 28.2 Å².